The Morgan fingerprint density at radius 3 is 2.00 bits per heavy atom. The Labute approximate surface area is 133 Å². The Bertz CT molecular complexity index is 663. The number of nitrogens with zero attached hydrogens (tertiary/aromatic N) is 3. The predicted octanol–water partition coefficient (Wildman–Crippen LogP) is 3.74. The SMILES string of the molecule is Cc1cc(N2CCN(c3ccncc3)CC2)cc(C(F)(F)F)c1. The number of alkyl halides is 3. The molecule has 0 spiro atoms. The molecule has 0 bridgehead atoms. The summed E-state index contributed by atoms with van der Waals surface area (Å²) < 4.78 is 38.9. The zero-order chi connectivity index (χ0) is 16.4. The van der Waals surface area contributed by atoms with Crippen molar-refractivity contribution in [2.45, 2.75) is 13.1 Å². The van der Waals surface area contributed by atoms with Crippen LogP contribution in [-0.2, 0) is 6.18 Å². The van der Waals surface area contributed by atoms with E-state index in [0.717, 1.165) is 18.8 Å². The molecule has 1 saturated heterocycles. The molecule has 0 atom stereocenters. The standard InChI is InChI=1S/C17H18F3N3/c1-13-10-14(17(18,19)20)12-16(11-13)23-8-6-22(7-9-23)15-2-4-21-5-3-15/h2-5,10-12H,6-9H2,1H3. The smallest absolute Gasteiger partial charge is 0.368 e. The zero-order valence-corrected chi connectivity index (χ0v) is 12.8. The third-order valence-corrected chi connectivity index (χ3v) is 4.06. The van der Waals surface area contributed by atoms with Crippen molar-refractivity contribution in [1.82, 2.24) is 4.98 Å². The van der Waals surface area contributed by atoms with Crippen LogP contribution in [0.4, 0.5) is 24.5 Å². The molecule has 6 heteroatoms. The summed E-state index contributed by atoms with van der Waals surface area (Å²) in [5.74, 6) is 0. The van der Waals surface area contributed by atoms with Crippen molar-refractivity contribution < 1.29 is 13.2 Å². The van der Waals surface area contributed by atoms with E-state index in [1.165, 1.54) is 12.1 Å². The van der Waals surface area contributed by atoms with E-state index in [0.29, 0.717) is 24.3 Å². The van der Waals surface area contributed by atoms with E-state index in [9.17, 15) is 13.2 Å². The highest BCUT2D eigenvalue weighted by Crippen LogP contribution is 2.33. The summed E-state index contributed by atoms with van der Waals surface area (Å²) in [4.78, 5) is 8.24. The topological polar surface area (TPSA) is 19.4 Å². The van der Waals surface area contributed by atoms with Gasteiger partial charge in [0.25, 0.3) is 0 Å². The molecule has 1 aromatic heterocycles. The molecule has 0 unspecified atom stereocenters. The van der Waals surface area contributed by atoms with E-state index in [-0.39, 0.29) is 0 Å². The molecular weight excluding hydrogens is 303 g/mol. The first-order valence-corrected chi connectivity index (χ1v) is 7.52. The fraction of sp³-hybridized carbons (Fsp3) is 0.353. The molecule has 122 valence electrons. The maximum atomic E-state index is 13.0. The first kappa shape index (κ1) is 15.6. The van der Waals surface area contributed by atoms with Gasteiger partial charge in [-0.1, -0.05) is 0 Å². The van der Waals surface area contributed by atoms with E-state index in [1.54, 1.807) is 19.3 Å². The largest absolute Gasteiger partial charge is 0.416 e. The highest BCUT2D eigenvalue weighted by Gasteiger charge is 2.31. The van der Waals surface area contributed by atoms with Crippen LogP contribution in [0.2, 0.25) is 0 Å². The molecule has 2 heterocycles. The molecule has 3 rings (SSSR count). The monoisotopic (exact) mass is 321 g/mol. The van der Waals surface area contributed by atoms with Gasteiger partial charge in [0.05, 0.1) is 5.56 Å². The second-order valence-corrected chi connectivity index (χ2v) is 5.73. The maximum Gasteiger partial charge on any atom is 0.416 e. The second kappa shape index (κ2) is 6.10. The quantitative estimate of drug-likeness (QED) is 0.840. The Hall–Kier alpha value is -2.24. The van der Waals surface area contributed by atoms with Crippen LogP contribution >= 0.6 is 0 Å². The summed E-state index contributed by atoms with van der Waals surface area (Å²) in [6.45, 7) is 4.65. The van der Waals surface area contributed by atoms with Crippen LogP contribution in [0.3, 0.4) is 0 Å². The van der Waals surface area contributed by atoms with Crippen LogP contribution in [0, 0.1) is 6.92 Å². The molecule has 1 aliphatic rings. The van der Waals surface area contributed by atoms with E-state index in [2.05, 4.69) is 9.88 Å². The highest BCUT2D eigenvalue weighted by atomic mass is 19.4. The highest BCUT2D eigenvalue weighted by molar-refractivity contribution is 5.54. The van der Waals surface area contributed by atoms with Crippen molar-refractivity contribution in [3.63, 3.8) is 0 Å². The van der Waals surface area contributed by atoms with Crippen molar-refractivity contribution in [3.05, 3.63) is 53.9 Å². The summed E-state index contributed by atoms with van der Waals surface area (Å²) in [6.07, 6.45) is -0.810. The maximum absolute atomic E-state index is 13.0. The molecule has 2 aromatic rings. The van der Waals surface area contributed by atoms with Gasteiger partial charge in [0.2, 0.25) is 0 Å². The first-order chi connectivity index (χ1) is 10.9. The third-order valence-electron chi connectivity index (χ3n) is 4.06. The number of hydrogen-bond donors (Lipinski definition) is 0. The fourth-order valence-corrected chi connectivity index (χ4v) is 2.89. The number of aromatic nitrogens is 1. The van der Waals surface area contributed by atoms with Gasteiger partial charge >= 0.3 is 6.18 Å². The van der Waals surface area contributed by atoms with Crippen molar-refractivity contribution >= 4 is 11.4 Å². The lowest BCUT2D eigenvalue weighted by molar-refractivity contribution is -0.137. The van der Waals surface area contributed by atoms with Gasteiger partial charge < -0.3 is 9.80 Å². The molecule has 0 amide bonds. The normalized spacial score (nSPS) is 15.8. The number of hydrogen-bond acceptors (Lipinski definition) is 3. The van der Waals surface area contributed by atoms with Gasteiger partial charge in [0.15, 0.2) is 0 Å². The lowest BCUT2D eigenvalue weighted by Crippen LogP contribution is -2.46. The van der Waals surface area contributed by atoms with E-state index in [4.69, 9.17) is 0 Å². The molecule has 0 saturated carbocycles. The molecule has 1 aliphatic heterocycles. The molecule has 0 aliphatic carbocycles. The van der Waals surface area contributed by atoms with Gasteiger partial charge in [-0.2, -0.15) is 13.2 Å². The molecule has 23 heavy (non-hydrogen) atoms. The molecule has 1 aromatic carbocycles. The Balaban J connectivity index is 1.74. The van der Waals surface area contributed by atoms with Crippen LogP contribution in [0.5, 0.6) is 0 Å². The zero-order valence-electron chi connectivity index (χ0n) is 12.8. The number of piperazine rings is 1. The van der Waals surface area contributed by atoms with Crippen LogP contribution in [0.25, 0.3) is 0 Å². The van der Waals surface area contributed by atoms with Gasteiger partial charge in [0.1, 0.15) is 0 Å². The van der Waals surface area contributed by atoms with Gasteiger partial charge in [-0.05, 0) is 42.8 Å². The molecular formula is C17H18F3N3. The van der Waals surface area contributed by atoms with Crippen LogP contribution in [-0.4, -0.2) is 31.2 Å². The van der Waals surface area contributed by atoms with E-state index >= 15 is 0 Å². The molecule has 3 nitrogen and oxygen atoms in total. The summed E-state index contributed by atoms with van der Waals surface area (Å²) in [6, 6.07) is 8.15. The number of halogens is 3. The molecule has 1 fully saturated rings. The van der Waals surface area contributed by atoms with Crippen LogP contribution < -0.4 is 9.80 Å². The van der Waals surface area contributed by atoms with Crippen LogP contribution in [0.1, 0.15) is 11.1 Å². The number of rotatable bonds is 2. The van der Waals surface area contributed by atoms with Gasteiger partial charge in [-0.3, -0.25) is 4.98 Å². The fourth-order valence-electron chi connectivity index (χ4n) is 2.89. The average molecular weight is 321 g/mol. The van der Waals surface area contributed by atoms with Gasteiger partial charge in [0, 0.05) is 49.9 Å². The number of pyridine rings is 1. The number of benzene rings is 1. The van der Waals surface area contributed by atoms with Gasteiger partial charge in [-0.25, -0.2) is 0 Å². The lowest BCUT2D eigenvalue weighted by Gasteiger charge is -2.37. The van der Waals surface area contributed by atoms with Crippen molar-refractivity contribution in [1.29, 1.82) is 0 Å². The minimum Gasteiger partial charge on any atom is -0.368 e. The summed E-state index contributed by atoms with van der Waals surface area (Å²) in [7, 11) is 0. The number of aryl methyl sites for hydroxylation is 1. The Morgan fingerprint density at radius 2 is 1.43 bits per heavy atom. The third kappa shape index (κ3) is 3.57. The number of anilines is 2. The Morgan fingerprint density at radius 1 is 0.870 bits per heavy atom. The Kier molecular flexibility index (Phi) is 4.15. The minimum atomic E-state index is -4.31. The van der Waals surface area contributed by atoms with Crippen molar-refractivity contribution in [2.75, 3.05) is 36.0 Å². The first-order valence-electron chi connectivity index (χ1n) is 7.52. The summed E-state index contributed by atoms with van der Waals surface area (Å²) in [5.41, 5.74) is 1.79. The van der Waals surface area contributed by atoms with Crippen LogP contribution in [0.15, 0.2) is 42.7 Å². The lowest BCUT2D eigenvalue weighted by atomic mass is 10.1. The minimum absolute atomic E-state index is 0.580. The van der Waals surface area contributed by atoms with Gasteiger partial charge in [-0.15, -0.1) is 0 Å². The van der Waals surface area contributed by atoms with E-state index in [1.807, 2.05) is 23.1 Å². The van der Waals surface area contributed by atoms with Crippen molar-refractivity contribution in [3.8, 4) is 0 Å². The second-order valence-electron chi connectivity index (χ2n) is 5.73. The molecule has 0 N–H and O–H groups in total. The average Bonchev–Trinajstić information content (AvgIpc) is 2.54. The van der Waals surface area contributed by atoms with Crippen molar-refractivity contribution in [2.24, 2.45) is 0 Å². The molecule has 0 radical (unpaired) electrons. The summed E-state index contributed by atoms with van der Waals surface area (Å²) in [5, 5.41) is 0. The predicted molar refractivity (Wildman–Crippen MR) is 84.8 cm³/mol. The van der Waals surface area contributed by atoms with E-state index < -0.39 is 11.7 Å². The summed E-state index contributed by atoms with van der Waals surface area (Å²) >= 11 is 0.